The third-order valence-electron chi connectivity index (χ3n) is 2.74. The number of aromatic nitrogens is 1. The summed E-state index contributed by atoms with van der Waals surface area (Å²) in [5, 5.41) is 5.85. The second-order valence-corrected chi connectivity index (χ2v) is 5.54. The highest BCUT2D eigenvalue weighted by Crippen LogP contribution is 2.12. The molecule has 19 heavy (non-hydrogen) atoms. The Balaban J connectivity index is 1.96. The van der Waals surface area contributed by atoms with Crippen molar-refractivity contribution in [1.29, 1.82) is 0 Å². The van der Waals surface area contributed by atoms with Crippen molar-refractivity contribution < 1.29 is 4.79 Å². The molecular formula is C14H17N3OS. The van der Waals surface area contributed by atoms with Gasteiger partial charge >= 0.3 is 0 Å². The number of anilines is 1. The number of amides is 1. The minimum atomic E-state index is -0.0732. The van der Waals surface area contributed by atoms with Gasteiger partial charge < -0.3 is 10.2 Å². The Hall–Kier alpha value is -1.88. The molecule has 0 aliphatic rings. The van der Waals surface area contributed by atoms with E-state index in [1.54, 1.807) is 11.3 Å². The highest BCUT2D eigenvalue weighted by molar-refractivity contribution is 7.09. The summed E-state index contributed by atoms with van der Waals surface area (Å²) in [5.41, 5.74) is 2.64. The first-order chi connectivity index (χ1) is 9.06. The Morgan fingerprint density at radius 3 is 2.53 bits per heavy atom. The van der Waals surface area contributed by atoms with E-state index >= 15 is 0 Å². The number of nitrogens with zero attached hydrogens (tertiary/aromatic N) is 2. The van der Waals surface area contributed by atoms with Gasteiger partial charge in [0.15, 0.2) is 0 Å². The molecular weight excluding hydrogens is 258 g/mol. The van der Waals surface area contributed by atoms with E-state index in [0.717, 1.165) is 16.4 Å². The summed E-state index contributed by atoms with van der Waals surface area (Å²) in [6.45, 7) is 2.43. The van der Waals surface area contributed by atoms with E-state index < -0.39 is 0 Å². The molecule has 4 nitrogen and oxygen atoms in total. The van der Waals surface area contributed by atoms with Crippen LogP contribution in [0, 0.1) is 6.92 Å². The zero-order valence-electron chi connectivity index (χ0n) is 11.3. The quantitative estimate of drug-likeness (QED) is 0.932. The second kappa shape index (κ2) is 5.84. The van der Waals surface area contributed by atoms with Crippen molar-refractivity contribution >= 4 is 22.9 Å². The molecule has 1 heterocycles. The molecule has 100 valence electrons. The van der Waals surface area contributed by atoms with Gasteiger partial charge in [0.05, 0.1) is 17.2 Å². The molecule has 1 aromatic heterocycles. The van der Waals surface area contributed by atoms with Crippen LogP contribution in [-0.2, 0) is 6.54 Å². The standard InChI is InChI=1S/C14H17N3OS/c1-10-16-12(9-19-10)8-15-14(18)11-4-6-13(7-5-11)17(2)3/h4-7,9H,8H2,1-3H3,(H,15,18). The van der Waals surface area contributed by atoms with Crippen molar-refractivity contribution in [1.82, 2.24) is 10.3 Å². The van der Waals surface area contributed by atoms with Crippen molar-refractivity contribution in [2.24, 2.45) is 0 Å². The average Bonchev–Trinajstić information content (AvgIpc) is 2.82. The second-order valence-electron chi connectivity index (χ2n) is 4.48. The smallest absolute Gasteiger partial charge is 0.251 e. The van der Waals surface area contributed by atoms with Crippen LogP contribution in [-0.4, -0.2) is 25.0 Å². The summed E-state index contributed by atoms with van der Waals surface area (Å²) in [4.78, 5) is 18.3. The van der Waals surface area contributed by atoms with Crippen molar-refractivity contribution in [3.05, 3.63) is 45.9 Å². The SMILES string of the molecule is Cc1nc(CNC(=O)c2ccc(N(C)C)cc2)cs1. The highest BCUT2D eigenvalue weighted by atomic mass is 32.1. The fourth-order valence-electron chi connectivity index (χ4n) is 1.67. The predicted octanol–water partition coefficient (Wildman–Crippen LogP) is 2.45. The molecule has 2 rings (SSSR count). The number of aryl methyl sites for hydroxylation is 1. The Labute approximate surface area is 117 Å². The van der Waals surface area contributed by atoms with Gasteiger partial charge in [-0.05, 0) is 31.2 Å². The van der Waals surface area contributed by atoms with E-state index in [9.17, 15) is 4.79 Å². The molecule has 0 aliphatic heterocycles. The van der Waals surface area contributed by atoms with Gasteiger partial charge in [0.1, 0.15) is 0 Å². The number of hydrogen-bond donors (Lipinski definition) is 1. The number of carbonyl (C=O) groups excluding carboxylic acids is 1. The Bertz CT molecular complexity index is 560. The van der Waals surface area contributed by atoms with E-state index in [-0.39, 0.29) is 5.91 Å². The third-order valence-corrected chi connectivity index (χ3v) is 3.56. The van der Waals surface area contributed by atoms with Gasteiger partial charge in [0.25, 0.3) is 5.91 Å². The lowest BCUT2D eigenvalue weighted by atomic mass is 10.2. The van der Waals surface area contributed by atoms with Crippen LogP contribution < -0.4 is 10.2 Å². The summed E-state index contributed by atoms with van der Waals surface area (Å²) in [6.07, 6.45) is 0. The maximum atomic E-state index is 12.0. The van der Waals surface area contributed by atoms with Gasteiger partial charge in [0.2, 0.25) is 0 Å². The molecule has 0 atom stereocenters. The summed E-state index contributed by atoms with van der Waals surface area (Å²) >= 11 is 1.59. The first-order valence-corrected chi connectivity index (χ1v) is 6.91. The lowest BCUT2D eigenvalue weighted by molar-refractivity contribution is 0.0950. The van der Waals surface area contributed by atoms with Crippen LogP contribution in [0.5, 0.6) is 0 Å². The first-order valence-electron chi connectivity index (χ1n) is 6.03. The number of nitrogens with one attached hydrogen (secondary N) is 1. The monoisotopic (exact) mass is 275 g/mol. The molecule has 0 fully saturated rings. The van der Waals surface area contributed by atoms with Crippen molar-refractivity contribution in [2.75, 3.05) is 19.0 Å². The minimum Gasteiger partial charge on any atom is -0.378 e. The van der Waals surface area contributed by atoms with Crippen LogP contribution in [0.3, 0.4) is 0 Å². The molecule has 0 spiro atoms. The van der Waals surface area contributed by atoms with Gasteiger partial charge in [-0.3, -0.25) is 4.79 Å². The maximum Gasteiger partial charge on any atom is 0.251 e. The Morgan fingerprint density at radius 2 is 2.00 bits per heavy atom. The highest BCUT2D eigenvalue weighted by Gasteiger charge is 2.06. The van der Waals surface area contributed by atoms with Crippen LogP contribution in [0.2, 0.25) is 0 Å². The van der Waals surface area contributed by atoms with Crippen molar-refractivity contribution in [3.8, 4) is 0 Å². The minimum absolute atomic E-state index is 0.0732. The molecule has 0 bridgehead atoms. The summed E-state index contributed by atoms with van der Waals surface area (Å²) < 4.78 is 0. The molecule has 0 aliphatic carbocycles. The normalized spacial score (nSPS) is 10.3. The third kappa shape index (κ3) is 3.54. The average molecular weight is 275 g/mol. The molecule has 1 N–H and O–H groups in total. The zero-order chi connectivity index (χ0) is 13.8. The summed E-state index contributed by atoms with van der Waals surface area (Å²) in [5.74, 6) is -0.0732. The largest absolute Gasteiger partial charge is 0.378 e. The Kier molecular flexibility index (Phi) is 4.16. The van der Waals surface area contributed by atoms with Crippen LogP contribution in [0.15, 0.2) is 29.6 Å². The zero-order valence-corrected chi connectivity index (χ0v) is 12.1. The molecule has 0 radical (unpaired) electrons. The van der Waals surface area contributed by atoms with Crippen LogP contribution >= 0.6 is 11.3 Å². The lowest BCUT2D eigenvalue weighted by Gasteiger charge is -2.12. The van der Waals surface area contributed by atoms with E-state index in [1.165, 1.54) is 0 Å². The topological polar surface area (TPSA) is 45.2 Å². The molecule has 1 amide bonds. The van der Waals surface area contributed by atoms with Crippen molar-refractivity contribution in [3.63, 3.8) is 0 Å². The van der Waals surface area contributed by atoms with E-state index in [4.69, 9.17) is 0 Å². The van der Waals surface area contributed by atoms with Crippen LogP contribution in [0.1, 0.15) is 21.1 Å². The van der Waals surface area contributed by atoms with E-state index in [2.05, 4.69) is 10.3 Å². The first kappa shape index (κ1) is 13.5. The van der Waals surface area contributed by atoms with Gasteiger partial charge in [-0.1, -0.05) is 0 Å². The number of thiazole rings is 1. The van der Waals surface area contributed by atoms with Crippen molar-refractivity contribution in [2.45, 2.75) is 13.5 Å². The van der Waals surface area contributed by atoms with Crippen LogP contribution in [0.4, 0.5) is 5.69 Å². The molecule has 2 aromatic rings. The fourth-order valence-corrected chi connectivity index (χ4v) is 2.29. The van der Waals surface area contributed by atoms with Gasteiger partial charge in [-0.2, -0.15) is 0 Å². The molecule has 5 heteroatoms. The predicted molar refractivity (Wildman–Crippen MR) is 78.8 cm³/mol. The number of rotatable bonds is 4. The van der Waals surface area contributed by atoms with Gasteiger partial charge in [-0.15, -0.1) is 11.3 Å². The Morgan fingerprint density at radius 1 is 1.32 bits per heavy atom. The number of carbonyl (C=O) groups is 1. The number of hydrogen-bond acceptors (Lipinski definition) is 4. The lowest BCUT2D eigenvalue weighted by Crippen LogP contribution is -2.23. The summed E-state index contributed by atoms with van der Waals surface area (Å²) in [7, 11) is 3.94. The van der Waals surface area contributed by atoms with Crippen LogP contribution in [0.25, 0.3) is 0 Å². The van der Waals surface area contributed by atoms with E-state index in [0.29, 0.717) is 12.1 Å². The molecule has 0 unspecified atom stereocenters. The van der Waals surface area contributed by atoms with Gasteiger partial charge in [-0.25, -0.2) is 4.98 Å². The van der Waals surface area contributed by atoms with Gasteiger partial charge in [0, 0.05) is 30.7 Å². The summed E-state index contributed by atoms with van der Waals surface area (Å²) in [6, 6.07) is 7.53. The molecule has 0 saturated carbocycles. The molecule has 1 aromatic carbocycles. The maximum absolute atomic E-state index is 12.0. The number of benzene rings is 1. The van der Waals surface area contributed by atoms with E-state index in [1.807, 2.05) is 55.6 Å². The molecule has 0 saturated heterocycles. The fraction of sp³-hybridized carbons (Fsp3) is 0.286.